The molecule has 0 aromatic carbocycles. The Hall–Kier alpha value is -1.10. The highest BCUT2D eigenvalue weighted by atomic mass is 16.4. The smallest absolute Gasteiger partial charge is 0.321 e. The standard InChI is InChI=1S/C4H8N2O3/c5-2(4(8)9)1-3(6)7/h2H,1,5H2,(H2,6,7)(H,8,9)/t2-/m0/s1/i1D2,2D/hD4. The van der Waals surface area contributed by atoms with Crippen molar-refractivity contribution in [3.63, 3.8) is 0 Å². The molecule has 0 fully saturated rings. The normalized spacial score (nSPS) is 28.8. The third-order valence-corrected chi connectivity index (χ3v) is 0.428. The van der Waals surface area contributed by atoms with E-state index in [0.717, 1.165) is 0 Å². The highest BCUT2D eigenvalue weighted by molar-refractivity contribution is 5.82. The second-order valence-electron chi connectivity index (χ2n) is 1.08. The summed E-state index contributed by atoms with van der Waals surface area (Å²) >= 11 is 0. The number of amides is 1. The molecule has 0 aliphatic carbocycles. The fraction of sp³-hybridized carbons (Fsp3) is 0.500. The minimum absolute atomic E-state index is 0.740. The van der Waals surface area contributed by atoms with E-state index in [-0.39, 0.29) is 0 Å². The predicted octanol–water partition coefficient (Wildman–Crippen LogP) is -1.73. The van der Waals surface area contributed by atoms with Gasteiger partial charge in [0.25, 0.3) is 0 Å². The summed E-state index contributed by atoms with van der Waals surface area (Å²) in [6, 6.07) is -3.57. The van der Waals surface area contributed by atoms with Gasteiger partial charge in [-0.25, -0.2) is 0 Å². The Morgan fingerprint density at radius 3 is 3.00 bits per heavy atom. The average Bonchev–Trinajstić information content (AvgIpc) is 2.13. The van der Waals surface area contributed by atoms with Crippen LogP contribution in [0.2, 0.25) is 5.65 Å². The van der Waals surface area contributed by atoms with E-state index in [2.05, 4.69) is 0 Å². The molecule has 0 unspecified atom stereocenters. The molecule has 0 spiro atoms. The molecule has 0 aliphatic heterocycles. The van der Waals surface area contributed by atoms with Crippen LogP contribution >= 0.6 is 0 Å². The Morgan fingerprint density at radius 2 is 2.67 bits per heavy atom. The van der Waals surface area contributed by atoms with Crippen LogP contribution in [-0.2, 0) is 9.59 Å². The van der Waals surface area contributed by atoms with E-state index in [0.29, 0.717) is 0 Å². The lowest BCUT2D eigenvalue weighted by Gasteiger charge is -1.99. The summed E-state index contributed by atoms with van der Waals surface area (Å²) in [6.45, 7) is 0. The van der Waals surface area contributed by atoms with Crippen molar-refractivity contribution >= 4 is 11.9 Å². The summed E-state index contributed by atoms with van der Waals surface area (Å²) in [5.74, 6) is -4.22. The first-order chi connectivity index (χ1) is 6.99. The summed E-state index contributed by atoms with van der Waals surface area (Å²) in [4.78, 5) is 21.7. The van der Waals surface area contributed by atoms with Crippen molar-refractivity contribution < 1.29 is 24.5 Å². The summed E-state index contributed by atoms with van der Waals surface area (Å²) in [5.41, 5.74) is -1.55. The van der Waals surface area contributed by atoms with Crippen molar-refractivity contribution in [3.05, 3.63) is 0 Å². The molecule has 0 aliphatic rings. The number of carbonyl (C=O) groups excluding carboxylic acids is 1. The Balaban J connectivity index is 5.55. The number of carboxylic acids is 1. The Morgan fingerprint density at radius 1 is 2.00 bits per heavy atom. The molecule has 5 N–H and O–H groups in total. The highest BCUT2D eigenvalue weighted by Gasteiger charge is 2.13. The number of hydrogen-bond donors (Lipinski definition) is 3. The van der Waals surface area contributed by atoms with Crippen LogP contribution in [0.5, 0.6) is 0 Å². The zero-order chi connectivity index (χ0) is 13.3. The molecule has 1 atom stereocenters. The van der Waals surface area contributed by atoms with Gasteiger partial charge < -0.3 is 16.5 Å². The van der Waals surface area contributed by atoms with Crippen molar-refractivity contribution in [2.75, 3.05) is 0 Å². The molecule has 0 aromatic rings. The zero-order valence-electron chi connectivity index (χ0n) is 11.2. The molecule has 1 amide bonds. The van der Waals surface area contributed by atoms with Crippen LogP contribution in [0, 0.1) is 0 Å². The van der Waals surface area contributed by atoms with Gasteiger partial charge in [-0.3, -0.25) is 9.59 Å². The third-order valence-electron chi connectivity index (χ3n) is 0.428. The van der Waals surface area contributed by atoms with Crippen LogP contribution < -0.4 is 11.4 Å². The zero-order valence-corrected chi connectivity index (χ0v) is 4.16. The minimum atomic E-state index is -3.59. The number of carbonyl (C=O) groups is 2. The van der Waals surface area contributed by atoms with Gasteiger partial charge in [0, 0.05) is 2.74 Å². The molecule has 52 valence electrons. The van der Waals surface area contributed by atoms with Gasteiger partial charge in [0.15, 0.2) is 2.82 Å². The van der Waals surface area contributed by atoms with Crippen molar-refractivity contribution in [1.82, 2.24) is 0 Å². The van der Waals surface area contributed by atoms with E-state index < -0.39 is 35.7 Å². The highest BCUT2D eigenvalue weighted by Crippen LogP contribution is 1.84. The maximum absolute atomic E-state index is 11.0. The minimum Gasteiger partial charge on any atom is -0.480 e. The second kappa shape index (κ2) is 3.03. The molecular formula is C4H8N2O3. The number of hydrogen-bond acceptors (Lipinski definition) is 3. The van der Waals surface area contributed by atoms with E-state index in [9.17, 15) is 9.59 Å². The van der Waals surface area contributed by atoms with Crippen LogP contribution in [0.4, 0.5) is 0 Å². The molecule has 9 heavy (non-hydrogen) atoms. The van der Waals surface area contributed by atoms with Crippen molar-refractivity contribution in [3.8, 4) is 0 Å². The van der Waals surface area contributed by atoms with Gasteiger partial charge in [-0.15, -0.1) is 0 Å². The van der Waals surface area contributed by atoms with E-state index in [4.69, 9.17) is 14.9 Å². The Labute approximate surface area is 61.7 Å². The molecule has 0 rings (SSSR count). The van der Waals surface area contributed by atoms with Gasteiger partial charge in [-0.2, -0.15) is 0 Å². The number of nitrogens with two attached hydrogens (primary N) is 2. The molecular weight excluding hydrogens is 124 g/mol. The average molecular weight is 139 g/mol. The summed E-state index contributed by atoms with van der Waals surface area (Å²) in [6.07, 6.45) is -3.59. The second-order valence-corrected chi connectivity index (χ2v) is 1.08. The van der Waals surface area contributed by atoms with E-state index >= 15 is 0 Å². The number of rotatable bonds is 4. The first-order valence-corrected chi connectivity index (χ1v) is 1.83. The maximum Gasteiger partial charge on any atom is 0.321 e. The summed E-state index contributed by atoms with van der Waals surface area (Å²) < 4.78 is 47.5. The van der Waals surface area contributed by atoms with Crippen LogP contribution in [0.3, 0.4) is 0 Å². The third kappa shape index (κ3) is 3.48. The van der Waals surface area contributed by atoms with Gasteiger partial charge in [0.2, 0.25) is 5.91 Å². The molecule has 5 heteroatoms. The summed E-state index contributed by atoms with van der Waals surface area (Å²) in [5, 5.41) is 8.57. The molecule has 5 nitrogen and oxygen atoms in total. The van der Waals surface area contributed by atoms with Gasteiger partial charge in [-0.05, 0) is 0 Å². The molecule has 0 bridgehead atoms. The van der Waals surface area contributed by atoms with Crippen LogP contribution in [-0.4, -0.2) is 23.0 Å². The van der Waals surface area contributed by atoms with Gasteiger partial charge >= 0.3 is 5.97 Å². The molecule has 0 heterocycles. The van der Waals surface area contributed by atoms with Crippen LogP contribution in [0.1, 0.15) is 10.5 Å². The van der Waals surface area contributed by atoms with Crippen molar-refractivity contribution in [2.45, 2.75) is 12.4 Å². The number of carboxylic acid groups (broad SMARTS) is 1. The molecule has 0 aromatic heterocycles. The lowest BCUT2D eigenvalue weighted by molar-refractivity contribution is -0.140. The van der Waals surface area contributed by atoms with Crippen LogP contribution in [0.25, 0.3) is 0 Å². The first kappa shape index (κ1) is 1.95. The molecule has 0 radical (unpaired) electrons. The largest absolute Gasteiger partial charge is 0.480 e. The van der Waals surface area contributed by atoms with Gasteiger partial charge in [0.1, 0.15) is 8.84 Å². The fourth-order valence-corrected chi connectivity index (χ4v) is 0.155. The van der Waals surface area contributed by atoms with Gasteiger partial charge in [0.05, 0.1) is 7.74 Å². The van der Waals surface area contributed by atoms with Gasteiger partial charge in [-0.1, -0.05) is 0 Å². The lowest BCUT2D eigenvalue weighted by Crippen LogP contribution is -2.34. The monoisotopic (exact) mass is 139 g/mol. The SMILES string of the molecule is [2H]N([2H])C(=O)C([2H])([2H])[C@@]([2H])(C(=O)O)N([2H])[2H]. The quantitative estimate of drug-likeness (QED) is 0.430. The van der Waals surface area contributed by atoms with Crippen molar-refractivity contribution in [2.24, 2.45) is 11.4 Å². The lowest BCUT2D eigenvalue weighted by atomic mass is 10.2. The van der Waals surface area contributed by atoms with Crippen LogP contribution in [0.15, 0.2) is 0 Å². The maximum atomic E-state index is 11.0. The predicted molar refractivity (Wildman–Crippen MR) is 29.4 cm³/mol. The molecule has 0 saturated heterocycles. The fourth-order valence-electron chi connectivity index (χ4n) is 0.155. The van der Waals surface area contributed by atoms with Crippen molar-refractivity contribution in [1.29, 1.82) is 0 Å². The number of aliphatic carboxylic acids is 1. The van der Waals surface area contributed by atoms with E-state index in [1.807, 2.05) is 0 Å². The molecule has 0 saturated carbocycles. The first-order valence-electron chi connectivity index (χ1n) is 5.12. The number of primary amides is 1. The topological polar surface area (TPSA) is 106 Å². The van der Waals surface area contributed by atoms with E-state index in [1.165, 1.54) is 0 Å². The summed E-state index contributed by atoms with van der Waals surface area (Å²) in [7, 11) is 0. The van der Waals surface area contributed by atoms with E-state index in [1.54, 1.807) is 0 Å². The Bertz CT molecular complexity index is 308. The Kier molecular flexibility index (Phi) is 0.656.